The van der Waals surface area contributed by atoms with Crippen LogP contribution in [0.15, 0.2) is 23.1 Å². The van der Waals surface area contributed by atoms with Gasteiger partial charge in [-0.25, -0.2) is 4.98 Å². The number of benzene rings is 1. The number of hydrogen-bond acceptors (Lipinski definition) is 4. The number of carbonyl (C=O) groups is 1. The normalized spacial score (nSPS) is 18.2. The van der Waals surface area contributed by atoms with Gasteiger partial charge in [-0.2, -0.15) is 0 Å². The van der Waals surface area contributed by atoms with Crippen LogP contribution in [0.4, 0.5) is 5.95 Å². The summed E-state index contributed by atoms with van der Waals surface area (Å²) in [5.74, 6) is 1.63. The number of nitrogens with zero attached hydrogens (tertiary/aromatic N) is 1. The monoisotopic (exact) mass is 304 g/mol. The van der Waals surface area contributed by atoms with Gasteiger partial charge in [0.2, 0.25) is 11.9 Å². The Morgan fingerprint density at radius 2 is 2.43 bits per heavy atom. The molecule has 0 radical (unpaired) electrons. The highest BCUT2D eigenvalue weighted by Gasteiger charge is 2.22. The van der Waals surface area contributed by atoms with Crippen LogP contribution < -0.4 is 10.6 Å². The smallest absolute Gasteiger partial charge is 0.243 e. The quantitative estimate of drug-likeness (QED) is 0.743. The first-order chi connectivity index (χ1) is 10.3. The second kappa shape index (κ2) is 6.49. The first-order valence-electron chi connectivity index (χ1n) is 7.43. The molecule has 21 heavy (non-hydrogen) atoms. The largest absolute Gasteiger partial charge is 0.324 e. The molecule has 2 heterocycles. The predicted octanol–water partition coefficient (Wildman–Crippen LogP) is 2.76. The number of nitrogens with one attached hydrogen (secondary N) is 3. The third-order valence-corrected chi connectivity index (χ3v) is 4.75. The number of hydrogen-bond donors (Lipinski definition) is 3. The molecule has 0 saturated carbocycles. The van der Waals surface area contributed by atoms with Crippen molar-refractivity contribution in [3.8, 4) is 0 Å². The molecule has 1 aliphatic heterocycles. The van der Waals surface area contributed by atoms with Gasteiger partial charge in [-0.15, -0.1) is 11.8 Å². The number of thioether (sulfide) groups is 1. The average Bonchev–Trinajstić information content (AvgIpc) is 3.13. The van der Waals surface area contributed by atoms with Gasteiger partial charge in [-0.05, 0) is 49.8 Å². The van der Waals surface area contributed by atoms with E-state index in [0.717, 1.165) is 42.6 Å². The van der Waals surface area contributed by atoms with Gasteiger partial charge >= 0.3 is 0 Å². The molecule has 1 aromatic carbocycles. The zero-order valence-corrected chi connectivity index (χ0v) is 12.9. The summed E-state index contributed by atoms with van der Waals surface area (Å²) < 4.78 is 0. The first-order valence-corrected chi connectivity index (χ1v) is 8.41. The molecule has 3 rings (SSSR count). The molecule has 0 unspecified atom stereocenters. The molecule has 5 nitrogen and oxygen atoms in total. The second-order valence-corrected chi connectivity index (χ2v) is 6.42. The molecular formula is C15H20N4OS. The second-order valence-electron chi connectivity index (χ2n) is 5.25. The van der Waals surface area contributed by atoms with E-state index in [1.54, 1.807) is 0 Å². The topological polar surface area (TPSA) is 69.8 Å². The van der Waals surface area contributed by atoms with Crippen molar-refractivity contribution in [2.75, 3.05) is 17.6 Å². The zero-order valence-electron chi connectivity index (χ0n) is 12.1. The summed E-state index contributed by atoms with van der Waals surface area (Å²) in [6, 6.07) is 6.08. The lowest BCUT2D eigenvalue weighted by molar-refractivity contribution is -0.117. The minimum absolute atomic E-state index is 0.00728. The Morgan fingerprint density at radius 3 is 3.19 bits per heavy atom. The van der Waals surface area contributed by atoms with E-state index in [0.29, 0.717) is 5.95 Å². The Labute approximate surface area is 128 Å². The number of anilines is 1. The third kappa shape index (κ3) is 3.39. The standard InChI is InChI=1S/C15H20N4OS/c1-2-8-21-10-5-6-11-13(9-10)18-15(17-11)19-14(20)12-4-3-7-16-12/h5-6,9,12,16H,2-4,7-8H2,1H3,(H2,17,18,19,20)/t12-/m0/s1. The van der Waals surface area contributed by atoms with E-state index < -0.39 is 0 Å². The van der Waals surface area contributed by atoms with Crippen LogP contribution in [-0.4, -0.2) is 34.2 Å². The van der Waals surface area contributed by atoms with Crippen molar-refractivity contribution in [2.45, 2.75) is 37.1 Å². The van der Waals surface area contributed by atoms with Gasteiger partial charge < -0.3 is 10.3 Å². The highest BCUT2D eigenvalue weighted by molar-refractivity contribution is 7.99. The molecule has 0 aliphatic carbocycles. The van der Waals surface area contributed by atoms with Gasteiger partial charge in [0.05, 0.1) is 17.1 Å². The number of rotatable bonds is 5. The molecule has 6 heteroatoms. The minimum Gasteiger partial charge on any atom is -0.324 e. The Balaban J connectivity index is 1.72. The van der Waals surface area contributed by atoms with Crippen LogP contribution in [0, 0.1) is 0 Å². The number of aromatic nitrogens is 2. The number of amides is 1. The molecule has 1 saturated heterocycles. The lowest BCUT2D eigenvalue weighted by atomic mass is 10.2. The minimum atomic E-state index is -0.0890. The van der Waals surface area contributed by atoms with Crippen LogP contribution in [0.25, 0.3) is 11.0 Å². The van der Waals surface area contributed by atoms with Gasteiger partial charge in [-0.3, -0.25) is 10.1 Å². The Hall–Kier alpha value is -1.53. The van der Waals surface area contributed by atoms with Gasteiger partial charge in [0.1, 0.15) is 0 Å². The predicted molar refractivity (Wildman–Crippen MR) is 86.8 cm³/mol. The summed E-state index contributed by atoms with van der Waals surface area (Å²) in [6.45, 7) is 3.08. The van der Waals surface area contributed by atoms with Crippen LogP contribution in [0.2, 0.25) is 0 Å². The SMILES string of the molecule is CCCSc1ccc2[nH]c(NC(=O)[C@@H]3CCCN3)nc2c1. The van der Waals surface area contributed by atoms with Crippen molar-refractivity contribution in [3.05, 3.63) is 18.2 Å². The van der Waals surface area contributed by atoms with Crippen molar-refractivity contribution in [1.29, 1.82) is 0 Å². The summed E-state index contributed by atoms with van der Waals surface area (Å²) in [5, 5.41) is 6.05. The number of aromatic amines is 1. The molecule has 1 aromatic heterocycles. The van der Waals surface area contributed by atoms with E-state index >= 15 is 0 Å². The Kier molecular flexibility index (Phi) is 4.45. The van der Waals surface area contributed by atoms with E-state index in [4.69, 9.17) is 0 Å². The average molecular weight is 304 g/mol. The van der Waals surface area contributed by atoms with Gasteiger partial charge in [0, 0.05) is 4.90 Å². The summed E-state index contributed by atoms with van der Waals surface area (Å²) >= 11 is 1.83. The highest BCUT2D eigenvalue weighted by atomic mass is 32.2. The van der Waals surface area contributed by atoms with Gasteiger partial charge in [0.25, 0.3) is 0 Å². The summed E-state index contributed by atoms with van der Waals surface area (Å²) in [4.78, 5) is 20.9. The van der Waals surface area contributed by atoms with E-state index in [-0.39, 0.29) is 11.9 Å². The number of carbonyl (C=O) groups excluding carboxylic acids is 1. The molecule has 1 atom stereocenters. The van der Waals surface area contributed by atoms with Crippen LogP contribution in [0.3, 0.4) is 0 Å². The van der Waals surface area contributed by atoms with Crippen LogP contribution in [0.1, 0.15) is 26.2 Å². The number of imidazole rings is 1. The molecule has 0 spiro atoms. The van der Waals surface area contributed by atoms with Crippen molar-refractivity contribution < 1.29 is 4.79 Å². The van der Waals surface area contributed by atoms with Gasteiger partial charge in [0.15, 0.2) is 0 Å². The summed E-state index contributed by atoms with van der Waals surface area (Å²) in [7, 11) is 0. The number of H-pyrrole nitrogens is 1. The van der Waals surface area contributed by atoms with Crippen LogP contribution in [-0.2, 0) is 4.79 Å². The first kappa shape index (κ1) is 14.4. The van der Waals surface area contributed by atoms with Crippen LogP contribution in [0.5, 0.6) is 0 Å². The van der Waals surface area contributed by atoms with E-state index in [2.05, 4.69) is 39.7 Å². The van der Waals surface area contributed by atoms with E-state index in [1.807, 2.05) is 17.8 Å². The Bertz CT molecular complexity index is 634. The molecule has 112 valence electrons. The van der Waals surface area contributed by atoms with Crippen molar-refractivity contribution in [1.82, 2.24) is 15.3 Å². The Morgan fingerprint density at radius 1 is 1.52 bits per heavy atom. The molecule has 1 fully saturated rings. The summed E-state index contributed by atoms with van der Waals surface area (Å²) in [5.41, 5.74) is 1.84. The van der Waals surface area contributed by atoms with Gasteiger partial charge in [-0.1, -0.05) is 6.92 Å². The molecule has 1 aliphatic rings. The van der Waals surface area contributed by atoms with Crippen LogP contribution >= 0.6 is 11.8 Å². The van der Waals surface area contributed by atoms with Crippen molar-refractivity contribution in [2.24, 2.45) is 0 Å². The highest BCUT2D eigenvalue weighted by Crippen LogP contribution is 2.24. The molecule has 3 N–H and O–H groups in total. The zero-order chi connectivity index (χ0) is 14.7. The van der Waals surface area contributed by atoms with Crippen molar-refractivity contribution >= 4 is 34.7 Å². The van der Waals surface area contributed by atoms with Crippen molar-refractivity contribution in [3.63, 3.8) is 0 Å². The lowest BCUT2D eigenvalue weighted by Gasteiger charge is -2.08. The number of fused-ring (bicyclic) bond motifs is 1. The molecule has 2 aromatic rings. The maximum absolute atomic E-state index is 12.1. The van der Waals surface area contributed by atoms with E-state index in [9.17, 15) is 4.79 Å². The lowest BCUT2D eigenvalue weighted by Crippen LogP contribution is -2.35. The fraction of sp³-hybridized carbons (Fsp3) is 0.467. The molecular weight excluding hydrogens is 284 g/mol. The maximum Gasteiger partial charge on any atom is 0.243 e. The molecule has 1 amide bonds. The fourth-order valence-electron chi connectivity index (χ4n) is 2.47. The fourth-order valence-corrected chi connectivity index (χ4v) is 3.27. The third-order valence-electron chi connectivity index (χ3n) is 3.55. The maximum atomic E-state index is 12.1. The van der Waals surface area contributed by atoms with E-state index in [1.165, 1.54) is 4.90 Å². The summed E-state index contributed by atoms with van der Waals surface area (Å²) in [6.07, 6.45) is 3.10. The molecule has 0 bridgehead atoms.